The molecular formula is C25H26BrClN4O2. The first-order chi connectivity index (χ1) is 15.9. The number of benzene rings is 3. The zero-order chi connectivity index (χ0) is 23.8. The third-order valence-corrected chi connectivity index (χ3v) is 6.34. The van der Waals surface area contributed by atoms with E-state index < -0.39 is 0 Å². The van der Waals surface area contributed by atoms with Crippen LogP contribution in [0.3, 0.4) is 0 Å². The van der Waals surface area contributed by atoms with Crippen molar-refractivity contribution in [2.24, 2.45) is 16.1 Å². The molecule has 0 aliphatic heterocycles. The highest BCUT2D eigenvalue weighted by Crippen LogP contribution is 2.30. The van der Waals surface area contributed by atoms with Crippen LogP contribution in [0.1, 0.15) is 27.8 Å². The molecule has 0 aliphatic rings. The van der Waals surface area contributed by atoms with Crippen LogP contribution in [0.15, 0.2) is 69.4 Å². The lowest BCUT2D eigenvalue weighted by Crippen LogP contribution is -2.12. The maximum Gasteiger partial charge on any atom is 0.155 e. The quantitative estimate of drug-likeness (QED) is 0.139. The molecule has 0 fully saturated rings. The summed E-state index contributed by atoms with van der Waals surface area (Å²) < 4.78 is 11.8. The first-order valence-electron chi connectivity index (χ1n) is 10.4. The Balaban J connectivity index is 1.76. The molecule has 172 valence electrons. The lowest BCUT2D eigenvalue weighted by molar-refractivity contribution is 0.393. The van der Waals surface area contributed by atoms with Gasteiger partial charge in [-0.05, 0) is 72.2 Å². The van der Waals surface area contributed by atoms with E-state index in [1.807, 2.05) is 54.6 Å². The number of aryl methyl sites for hydroxylation is 3. The van der Waals surface area contributed by atoms with Gasteiger partial charge in [0.1, 0.15) is 11.5 Å². The second-order valence-electron chi connectivity index (χ2n) is 7.53. The Morgan fingerprint density at radius 3 is 2.15 bits per heavy atom. The summed E-state index contributed by atoms with van der Waals surface area (Å²) in [7, 11) is 3.32. The van der Waals surface area contributed by atoms with Gasteiger partial charge >= 0.3 is 0 Å². The van der Waals surface area contributed by atoms with Gasteiger partial charge in [-0.3, -0.25) is 0 Å². The molecule has 0 spiro atoms. The first kappa shape index (κ1) is 24.7. The van der Waals surface area contributed by atoms with Gasteiger partial charge in [-0.2, -0.15) is 5.53 Å². The van der Waals surface area contributed by atoms with Crippen LogP contribution in [0.25, 0.3) is 0 Å². The molecular weight excluding hydrogens is 504 g/mol. The van der Waals surface area contributed by atoms with Crippen LogP contribution in [0.4, 0.5) is 0 Å². The number of hydrogen-bond donors (Lipinski definition) is 2. The van der Waals surface area contributed by atoms with E-state index in [9.17, 15) is 0 Å². The maximum absolute atomic E-state index is 6.80. The highest BCUT2D eigenvalue weighted by atomic mass is 79.9. The van der Waals surface area contributed by atoms with Crippen molar-refractivity contribution in [3.8, 4) is 11.5 Å². The average Bonchev–Trinajstić information content (AvgIpc) is 2.82. The minimum absolute atomic E-state index is 0.229. The van der Waals surface area contributed by atoms with Crippen molar-refractivity contribution >= 4 is 33.4 Å². The number of nitrogens with zero attached hydrogens (tertiary/aromatic N) is 2. The molecule has 3 N–H and O–H groups in total. The SMILES string of the molecule is COc1cc(CCc2c(Br)cc(Cl)cc2CCc2ccc(/C(N)=N/N=N)cc2)cc(OC)c1. The van der Waals surface area contributed by atoms with E-state index in [-0.39, 0.29) is 5.84 Å². The second-order valence-corrected chi connectivity index (χ2v) is 8.82. The molecule has 0 heterocycles. The summed E-state index contributed by atoms with van der Waals surface area (Å²) in [5.41, 5.74) is 18.1. The minimum Gasteiger partial charge on any atom is -0.497 e. The highest BCUT2D eigenvalue weighted by Gasteiger charge is 2.11. The van der Waals surface area contributed by atoms with Gasteiger partial charge in [0.05, 0.1) is 14.2 Å². The third-order valence-electron chi connectivity index (χ3n) is 5.42. The van der Waals surface area contributed by atoms with Gasteiger partial charge in [0.15, 0.2) is 5.84 Å². The molecule has 3 rings (SSSR count). The second kappa shape index (κ2) is 11.8. The molecule has 3 aromatic rings. The first-order valence-corrected chi connectivity index (χ1v) is 11.6. The Kier molecular flexibility index (Phi) is 8.86. The summed E-state index contributed by atoms with van der Waals surface area (Å²) in [6.07, 6.45) is 3.40. The van der Waals surface area contributed by atoms with Crippen LogP contribution in [0.5, 0.6) is 11.5 Å². The van der Waals surface area contributed by atoms with E-state index >= 15 is 0 Å². The Bertz CT molecular complexity index is 1130. The van der Waals surface area contributed by atoms with E-state index in [2.05, 4.69) is 26.3 Å². The fourth-order valence-corrected chi connectivity index (χ4v) is 4.74. The van der Waals surface area contributed by atoms with Gasteiger partial charge < -0.3 is 15.2 Å². The van der Waals surface area contributed by atoms with Crippen molar-refractivity contribution in [1.82, 2.24) is 0 Å². The van der Waals surface area contributed by atoms with Crippen LogP contribution >= 0.6 is 27.5 Å². The van der Waals surface area contributed by atoms with E-state index in [0.717, 1.165) is 52.8 Å². The highest BCUT2D eigenvalue weighted by molar-refractivity contribution is 9.10. The van der Waals surface area contributed by atoms with Crippen LogP contribution in [-0.2, 0) is 25.7 Å². The zero-order valence-corrected chi connectivity index (χ0v) is 20.9. The molecule has 0 radical (unpaired) electrons. The van der Waals surface area contributed by atoms with E-state index in [1.54, 1.807) is 14.2 Å². The van der Waals surface area contributed by atoms with E-state index in [1.165, 1.54) is 16.7 Å². The summed E-state index contributed by atoms with van der Waals surface area (Å²) in [5, 5.41) is 7.25. The molecule has 0 aromatic heterocycles. The predicted octanol–water partition coefficient (Wildman–Crippen LogP) is 6.34. The lowest BCUT2D eigenvalue weighted by Gasteiger charge is -2.14. The van der Waals surface area contributed by atoms with Crippen molar-refractivity contribution in [3.63, 3.8) is 0 Å². The Morgan fingerprint density at radius 1 is 0.909 bits per heavy atom. The van der Waals surface area contributed by atoms with Gasteiger partial charge in [-0.15, -0.1) is 5.10 Å². The number of halogens is 2. The lowest BCUT2D eigenvalue weighted by atomic mass is 9.95. The topological polar surface area (TPSA) is 93.0 Å². The average molecular weight is 530 g/mol. The Labute approximate surface area is 207 Å². The van der Waals surface area contributed by atoms with Gasteiger partial charge in [-0.25, -0.2) is 0 Å². The van der Waals surface area contributed by atoms with Gasteiger partial charge in [0.25, 0.3) is 0 Å². The van der Waals surface area contributed by atoms with Crippen molar-refractivity contribution < 1.29 is 9.47 Å². The normalized spacial score (nSPS) is 11.3. The third kappa shape index (κ3) is 6.79. The Hall–Kier alpha value is -2.90. The predicted molar refractivity (Wildman–Crippen MR) is 136 cm³/mol. The molecule has 0 amide bonds. The smallest absolute Gasteiger partial charge is 0.155 e. The van der Waals surface area contributed by atoms with E-state index in [4.69, 9.17) is 32.3 Å². The molecule has 33 heavy (non-hydrogen) atoms. The number of amidine groups is 1. The van der Waals surface area contributed by atoms with Crippen molar-refractivity contribution in [1.29, 1.82) is 5.53 Å². The summed E-state index contributed by atoms with van der Waals surface area (Å²) in [5.74, 6) is 1.79. The standard InChI is InChI=1S/C25H26BrClN4O2/c1-32-21-11-17(12-22(15-21)33-2)6-10-23-19(13-20(27)14-24(23)26)9-5-16-3-7-18(8-4-16)25(28)30-31-29/h3-4,7-8,11-15H,5-6,9-10H2,1-2H3,(H3,28,29,30). The number of rotatable bonds is 10. The van der Waals surface area contributed by atoms with E-state index in [0.29, 0.717) is 5.02 Å². The van der Waals surface area contributed by atoms with Crippen LogP contribution < -0.4 is 15.2 Å². The monoisotopic (exact) mass is 528 g/mol. The summed E-state index contributed by atoms with van der Waals surface area (Å²) >= 11 is 10.1. The number of hydrogen-bond acceptors (Lipinski definition) is 4. The summed E-state index contributed by atoms with van der Waals surface area (Å²) in [4.78, 5) is 0. The van der Waals surface area contributed by atoms with Crippen LogP contribution in [-0.4, -0.2) is 20.1 Å². The van der Waals surface area contributed by atoms with Gasteiger partial charge in [-0.1, -0.05) is 57.0 Å². The molecule has 0 bridgehead atoms. The fourth-order valence-electron chi connectivity index (χ4n) is 3.67. The summed E-state index contributed by atoms with van der Waals surface area (Å²) in [6.45, 7) is 0. The minimum atomic E-state index is 0.229. The Morgan fingerprint density at radius 2 is 1.55 bits per heavy atom. The molecule has 0 atom stereocenters. The largest absolute Gasteiger partial charge is 0.497 e. The molecule has 8 heteroatoms. The van der Waals surface area contributed by atoms with Crippen LogP contribution in [0, 0.1) is 5.53 Å². The number of nitrogens with two attached hydrogens (primary N) is 1. The number of nitrogens with one attached hydrogen (secondary N) is 1. The molecule has 0 aliphatic carbocycles. The maximum atomic E-state index is 6.80. The summed E-state index contributed by atoms with van der Waals surface area (Å²) in [6, 6.07) is 17.8. The molecule has 3 aromatic carbocycles. The van der Waals surface area contributed by atoms with Gasteiger partial charge in [0, 0.05) is 21.1 Å². The number of ether oxygens (including phenoxy) is 2. The van der Waals surface area contributed by atoms with Crippen molar-refractivity contribution in [3.05, 3.63) is 91.9 Å². The zero-order valence-electron chi connectivity index (χ0n) is 18.6. The molecule has 0 saturated heterocycles. The molecule has 6 nitrogen and oxygen atoms in total. The molecule has 0 unspecified atom stereocenters. The molecule has 0 saturated carbocycles. The van der Waals surface area contributed by atoms with Crippen molar-refractivity contribution in [2.75, 3.05) is 14.2 Å². The van der Waals surface area contributed by atoms with Crippen LogP contribution in [0.2, 0.25) is 5.02 Å². The number of methoxy groups -OCH3 is 2. The van der Waals surface area contributed by atoms with Gasteiger partial charge in [0.2, 0.25) is 0 Å². The fraction of sp³-hybridized carbons (Fsp3) is 0.240. The van der Waals surface area contributed by atoms with Crippen molar-refractivity contribution in [2.45, 2.75) is 25.7 Å².